The molecular formula is C18H21BrN2O3. The van der Waals surface area contributed by atoms with Crippen molar-refractivity contribution in [1.82, 2.24) is 10.2 Å². The molecule has 1 aliphatic rings. The number of halogens is 1. The summed E-state index contributed by atoms with van der Waals surface area (Å²) in [5.74, 6) is 6.57. The Morgan fingerprint density at radius 1 is 1.33 bits per heavy atom. The van der Waals surface area contributed by atoms with Crippen LogP contribution in [0.25, 0.3) is 0 Å². The van der Waals surface area contributed by atoms with E-state index in [9.17, 15) is 9.59 Å². The van der Waals surface area contributed by atoms with E-state index in [0.29, 0.717) is 32.5 Å². The van der Waals surface area contributed by atoms with Gasteiger partial charge in [0.25, 0.3) is 0 Å². The van der Waals surface area contributed by atoms with Crippen LogP contribution in [0.5, 0.6) is 5.75 Å². The minimum atomic E-state index is -0.0275. The van der Waals surface area contributed by atoms with Gasteiger partial charge < -0.3 is 15.0 Å². The van der Waals surface area contributed by atoms with Crippen LogP contribution in [0.15, 0.2) is 28.7 Å². The molecule has 0 aromatic heterocycles. The number of amides is 2. The van der Waals surface area contributed by atoms with E-state index in [2.05, 4.69) is 33.1 Å². The Morgan fingerprint density at radius 2 is 2.08 bits per heavy atom. The lowest BCUT2D eigenvalue weighted by molar-refractivity contribution is -0.133. The van der Waals surface area contributed by atoms with Gasteiger partial charge in [0.1, 0.15) is 12.4 Å². The summed E-state index contributed by atoms with van der Waals surface area (Å²) in [6.07, 6.45) is 1.43. The first-order chi connectivity index (χ1) is 11.6. The highest BCUT2D eigenvalue weighted by molar-refractivity contribution is 9.10. The van der Waals surface area contributed by atoms with Crippen molar-refractivity contribution in [1.29, 1.82) is 0 Å². The molecule has 2 amide bonds. The molecule has 2 rings (SSSR count). The van der Waals surface area contributed by atoms with E-state index in [0.717, 1.165) is 10.2 Å². The van der Waals surface area contributed by atoms with Crippen molar-refractivity contribution in [2.75, 3.05) is 26.2 Å². The van der Waals surface area contributed by atoms with E-state index in [1.165, 1.54) is 0 Å². The number of likely N-dealkylation sites (tertiary alicyclic amines) is 1. The molecule has 1 aromatic rings. The SMILES string of the molecule is CC(=O)N1CCC(C(=O)NCC#CCOc2cccc(Br)c2)CC1. The Morgan fingerprint density at radius 3 is 2.75 bits per heavy atom. The molecule has 0 radical (unpaired) electrons. The Kier molecular flexibility index (Phi) is 7.13. The zero-order valence-electron chi connectivity index (χ0n) is 13.7. The second kappa shape index (κ2) is 9.33. The van der Waals surface area contributed by atoms with Gasteiger partial charge in [-0.1, -0.05) is 33.8 Å². The third kappa shape index (κ3) is 5.89. The second-order valence-electron chi connectivity index (χ2n) is 5.60. The molecule has 0 atom stereocenters. The summed E-state index contributed by atoms with van der Waals surface area (Å²) < 4.78 is 6.45. The van der Waals surface area contributed by atoms with Crippen LogP contribution in [-0.4, -0.2) is 43.0 Å². The van der Waals surface area contributed by atoms with Crippen molar-refractivity contribution >= 4 is 27.7 Å². The first-order valence-electron chi connectivity index (χ1n) is 7.93. The van der Waals surface area contributed by atoms with Crippen LogP contribution in [-0.2, 0) is 9.59 Å². The molecule has 0 saturated carbocycles. The molecule has 1 fully saturated rings. The molecule has 0 bridgehead atoms. The largest absolute Gasteiger partial charge is 0.481 e. The number of rotatable bonds is 4. The Labute approximate surface area is 150 Å². The molecule has 1 saturated heterocycles. The molecule has 0 unspecified atom stereocenters. The predicted octanol–water partition coefficient (Wildman–Crippen LogP) is 2.21. The Bertz CT molecular complexity index is 643. The number of hydrogen-bond donors (Lipinski definition) is 1. The van der Waals surface area contributed by atoms with E-state index in [1.807, 2.05) is 24.3 Å². The fourth-order valence-electron chi connectivity index (χ4n) is 2.52. The minimum Gasteiger partial charge on any atom is -0.481 e. The van der Waals surface area contributed by atoms with Crippen LogP contribution in [0.3, 0.4) is 0 Å². The molecule has 24 heavy (non-hydrogen) atoms. The zero-order valence-corrected chi connectivity index (χ0v) is 15.3. The fraction of sp³-hybridized carbons (Fsp3) is 0.444. The van der Waals surface area contributed by atoms with Crippen LogP contribution in [0.2, 0.25) is 0 Å². The number of benzene rings is 1. The lowest BCUT2D eigenvalue weighted by Gasteiger charge is -2.30. The molecular weight excluding hydrogens is 372 g/mol. The summed E-state index contributed by atoms with van der Waals surface area (Å²) in [6.45, 7) is 3.46. The van der Waals surface area contributed by atoms with Crippen molar-refractivity contribution in [3.05, 3.63) is 28.7 Å². The maximum atomic E-state index is 12.0. The Balaban J connectivity index is 1.64. The van der Waals surface area contributed by atoms with Gasteiger partial charge in [0.05, 0.1) is 6.54 Å². The van der Waals surface area contributed by atoms with Crippen molar-refractivity contribution in [3.8, 4) is 17.6 Å². The van der Waals surface area contributed by atoms with Gasteiger partial charge in [-0.05, 0) is 31.0 Å². The van der Waals surface area contributed by atoms with Crippen molar-refractivity contribution in [3.63, 3.8) is 0 Å². The van der Waals surface area contributed by atoms with Crippen LogP contribution in [0.4, 0.5) is 0 Å². The highest BCUT2D eigenvalue weighted by atomic mass is 79.9. The lowest BCUT2D eigenvalue weighted by atomic mass is 9.96. The number of ether oxygens (including phenoxy) is 1. The highest BCUT2D eigenvalue weighted by Crippen LogP contribution is 2.18. The van der Waals surface area contributed by atoms with Gasteiger partial charge in [-0.15, -0.1) is 0 Å². The average molecular weight is 393 g/mol. The standard InChI is InChI=1S/C18H21BrN2O3/c1-14(22)21-10-7-15(8-11-21)18(23)20-9-2-3-12-24-17-6-4-5-16(19)13-17/h4-6,13,15H,7-12H2,1H3,(H,20,23). The number of hydrogen-bond acceptors (Lipinski definition) is 3. The minimum absolute atomic E-state index is 0.0143. The Hall–Kier alpha value is -2.00. The first-order valence-corrected chi connectivity index (χ1v) is 8.73. The van der Waals surface area contributed by atoms with Crippen LogP contribution >= 0.6 is 15.9 Å². The number of nitrogens with zero attached hydrogens (tertiary/aromatic N) is 1. The van der Waals surface area contributed by atoms with Gasteiger partial charge in [-0.25, -0.2) is 0 Å². The van der Waals surface area contributed by atoms with E-state index in [4.69, 9.17) is 4.74 Å². The fourth-order valence-corrected chi connectivity index (χ4v) is 2.90. The average Bonchev–Trinajstić information content (AvgIpc) is 2.58. The maximum absolute atomic E-state index is 12.0. The summed E-state index contributed by atoms with van der Waals surface area (Å²) in [5.41, 5.74) is 0. The van der Waals surface area contributed by atoms with Crippen LogP contribution < -0.4 is 10.1 Å². The second-order valence-corrected chi connectivity index (χ2v) is 6.51. The number of carbonyl (C=O) groups excluding carboxylic acids is 2. The van der Waals surface area contributed by atoms with Gasteiger partial charge in [-0.2, -0.15) is 0 Å². The molecule has 1 heterocycles. The quantitative estimate of drug-likeness (QED) is 0.799. The summed E-state index contributed by atoms with van der Waals surface area (Å²) in [7, 11) is 0. The number of nitrogens with one attached hydrogen (secondary N) is 1. The lowest BCUT2D eigenvalue weighted by Crippen LogP contribution is -2.42. The van der Waals surface area contributed by atoms with Crippen LogP contribution in [0, 0.1) is 17.8 Å². The van der Waals surface area contributed by atoms with E-state index in [1.54, 1.807) is 11.8 Å². The highest BCUT2D eigenvalue weighted by Gasteiger charge is 2.25. The molecule has 0 spiro atoms. The molecule has 6 heteroatoms. The third-order valence-electron chi connectivity index (χ3n) is 3.89. The molecule has 1 aromatic carbocycles. The normalized spacial score (nSPS) is 14.5. The van der Waals surface area contributed by atoms with E-state index >= 15 is 0 Å². The van der Waals surface area contributed by atoms with Gasteiger partial charge in [0.2, 0.25) is 11.8 Å². The zero-order chi connectivity index (χ0) is 17.4. The van der Waals surface area contributed by atoms with E-state index < -0.39 is 0 Å². The molecule has 5 nitrogen and oxygen atoms in total. The topological polar surface area (TPSA) is 58.6 Å². The third-order valence-corrected chi connectivity index (χ3v) is 4.39. The summed E-state index contributed by atoms with van der Waals surface area (Å²) in [4.78, 5) is 25.1. The molecule has 1 N–H and O–H groups in total. The van der Waals surface area contributed by atoms with Gasteiger partial charge >= 0.3 is 0 Å². The number of carbonyl (C=O) groups is 2. The molecule has 0 aliphatic carbocycles. The summed E-state index contributed by atoms with van der Waals surface area (Å²) >= 11 is 3.38. The maximum Gasteiger partial charge on any atom is 0.223 e. The van der Waals surface area contributed by atoms with E-state index in [-0.39, 0.29) is 24.3 Å². The van der Waals surface area contributed by atoms with Gasteiger partial charge in [0.15, 0.2) is 0 Å². The smallest absolute Gasteiger partial charge is 0.223 e. The van der Waals surface area contributed by atoms with Gasteiger partial charge in [0, 0.05) is 30.4 Å². The molecule has 128 valence electrons. The molecule has 1 aliphatic heterocycles. The van der Waals surface area contributed by atoms with Crippen molar-refractivity contribution < 1.29 is 14.3 Å². The predicted molar refractivity (Wildman–Crippen MR) is 95.4 cm³/mol. The van der Waals surface area contributed by atoms with Gasteiger partial charge in [-0.3, -0.25) is 9.59 Å². The monoisotopic (exact) mass is 392 g/mol. The van der Waals surface area contributed by atoms with Crippen LogP contribution in [0.1, 0.15) is 19.8 Å². The number of piperidine rings is 1. The van der Waals surface area contributed by atoms with Crippen molar-refractivity contribution in [2.24, 2.45) is 5.92 Å². The summed E-state index contributed by atoms with van der Waals surface area (Å²) in [6, 6.07) is 7.55. The first kappa shape index (κ1) is 18.3. The van der Waals surface area contributed by atoms with Crippen molar-refractivity contribution in [2.45, 2.75) is 19.8 Å². The summed E-state index contributed by atoms with van der Waals surface area (Å²) in [5, 5.41) is 2.83.